The van der Waals surface area contributed by atoms with Gasteiger partial charge >= 0.3 is 5.97 Å². The minimum Gasteiger partial charge on any atom is -0.477 e. The molecule has 4 rings (SSSR count). The number of carboxylic acid groups (broad SMARTS) is 1. The standard InChI is InChI=1S/C73H134N2O26/c1-5-7-9-11-13-15-17-19-20-21-22-23-24-25-27-29-31-33-35-37-39-57(85)75-50(51(82)38-36-34-32-30-28-26-18-16-14-12-10-8-6-2)46-94-70-63(90)62(89)65(55(44-78)96-70)98-71-64(91)68(66(56(45-79)97-71)99-69-49(40-47(3)80)59(86)61(88)54(43-77)95-69)101-73(72(92)93)41-52(83)58(74-48(4)81)67(100-73)60(87)53(84)42-76/h49-56,58-71,76-79,82-84,86-91H,5-46H2,1-4H3,(H,74,81)(H,75,85)(H,92,93)/t49-,50+,51-,52+,53-,54-,55-,56-,58-,59-,60-,61+,62-,63-,64-,65-,66+,67?,68-,69+,70-,71+,73+/m1/s1. The van der Waals surface area contributed by atoms with Crippen molar-refractivity contribution in [3.8, 4) is 0 Å². The summed E-state index contributed by atoms with van der Waals surface area (Å²) in [7, 11) is 0. The number of ketones is 1. The van der Waals surface area contributed by atoms with Crippen LogP contribution in [0.2, 0.25) is 0 Å². The first-order valence-corrected chi connectivity index (χ1v) is 38.6. The Kier molecular flexibility index (Phi) is 45.5. The third kappa shape index (κ3) is 31.2. The van der Waals surface area contributed by atoms with Gasteiger partial charge in [-0.3, -0.25) is 9.59 Å². The number of carbonyl (C=O) groups is 4. The van der Waals surface area contributed by atoms with Crippen molar-refractivity contribution in [3.05, 3.63) is 0 Å². The normalized spacial score (nSPS) is 31.3. The second-order valence-electron chi connectivity index (χ2n) is 28.9. The number of rotatable bonds is 56. The van der Waals surface area contributed by atoms with E-state index in [-0.39, 0.29) is 12.3 Å². The lowest BCUT2D eigenvalue weighted by atomic mass is 9.87. The van der Waals surface area contributed by atoms with Crippen LogP contribution in [0.1, 0.15) is 265 Å². The maximum atomic E-state index is 13.6. The maximum absolute atomic E-state index is 13.6. The molecule has 16 N–H and O–H groups in total. The van der Waals surface area contributed by atoms with Gasteiger partial charge in [-0.15, -0.1) is 0 Å². The lowest BCUT2D eigenvalue weighted by Crippen LogP contribution is -2.71. The van der Waals surface area contributed by atoms with Gasteiger partial charge in [0, 0.05) is 32.1 Å². The van der Waals surface area contributed by atoms with Crippen molar-refractivity contribution < 1.29 is 129 Å². The smallest absolute Gasteiger partial charge is 0.364 e. The Morgan fingerprint density at radius 2 is 0.950 bits per heavy atom. The zero-order valence-corrected chi connectivity index (χ0v) is 61.1. The van der Waals surface area contributed by atoms with Crippen LogP contribution in [0.25, 0.3) is 0 Å². The Balaban J connectivity index is 1.48. The molecule has 0 spiro atoms. The molecule has 4 fully saturated rings. The number of carboxylic acids is 1. The van der Waals surface area contributed by atoms with Crippen molar-refractivity contribution in [3.63, 3.8) is 0 Å². The van der Waals surface area contributed by atoms with E-state index in [9.17, 15) is 90.7 Å². The molecule has 0 aromatic rings. The van der Waals surface area contributed by atoms with Crippen LogP contribution in [-0.2, 0) is 57.1 Å². The lowest BCUT2D eigenvalue weighted by Gasteiger charge is -2.52. The van der Waals surface area contributed by atoms with E-state index in [4.69, 9.17) is 37.9 Å². The lowest BCUT2D eigenvalue weighted by molar-refractivity contribution is -0.403. The molecular formula is C73H134N2O26. The Morgan fingerprint density at radius 3 is 1.41 bits per heavy atom. The number of hydrogen-bond donors (Lipinski definition) is 16. The van der Waals surface area contributed by atoms with E-state index in [1.807, 2.05) is 0 Å². The molecule has 4 saturated heterocycles. The van der Waals surface area contributed by atoms with Crippen molar-refractivity contribution in [1.29, 1.82) is 0 Å². The Bertz CT molecular complexity index is 2210. The van der Waals surface area contributed by atoms with Gasteiger partial charge in [0.1, 0.15) is 85.1 Å². The fraction of sp³-hybridized carbons (Fsp3) is 0.945. The number of nitrogens with one attached hydrogen (secondary N) is 2. The summed E-state index contributed by atoms with van der Waals surface area (Å²) < 4.78 is 48.2. The van der Waals surface area contributed by atoms with E-state index in [1.54, 1.807) is 0 Å². The van der Waals surface area contributed by atoms with Gasteiger partial charge in [-0.25, -0.2) is 4.79 Å². The number of unbranched alkanes of at least 4 members (excludes halogenated alkanes) is 31. The summed E-state index contributed by atoms with van der Waals surface area (Å²) in [6.07, 6.45) is 0.839. The highest BCUT2D eigenvalue weighted by atomic mass is 16.8. The molecule has 0 radical (unpaired) electrons. The van der Waals surface area contributed by atoms with Crippen molar-refractivity contribution >= 4 is 23.6 Å². The molecule has 0 aromatic carbocycles. The van der Waals surface area contributed by atoms with Crippen LogP contribution in [0.5, 0.6) is 0 Å². The third-order valence-corrected chi connectivity index (χ3v) is 20.4. The molecule has 28 nitrogen and oxygen atoms in total. The predicted molar refractivity (Wildman–Crippen MR) is 370 cm³/mol. The van der Waals surface area contributed by atoms with Gasteiger partial charge in [0.15, 0.2) is 18.9 Å². The molecule has 101 heavy (non-hydrogen) atoms. The van der Waals surface area contributed by atoms with Crippen molar-refractivity contribution in [2.24, 2.45) is 5.92 Å². The number of aliphatic carboxylic acids is 1. The molecule has 0 bridgehead atoms. The molecule has 4 aliphatic heterocycles. The highest BCUT2D eigenvalue weighted by Crippen LogP contribution is 2.41. The summed E-state index contributed by atoms with van der Waals surface area (Å²) in [6.45, 7) is 2.03. The van der Waals surface area contributed by atoms with Crippen LogP contribution in [0.4, 0.5) is 0 Å². The van der Waals surface area contributed by atoms with Crippen molar-refractivity contribution in [2.75, 3.05) is 33.0 Å². The Hall–Kier alpha value is -2.76. The molecule has 23 atom stereocenters. The predicted octanol–water partition coefficient (Wildman–Crippen LogP) is 4.40. The molecule has 4 heterocycles. The van der Waals surface area contributed by atoms with Gasteiger partial charge in [0.25, 0.3) is 5.79 Å². The zero-order chi connectivity index (χ0) is 74.3. The monoisotopic (exact) mass is 1450 g/mol. The number of aliphatic hydroxyl groups excluding tert-OH is 13. The highest BCUT2D eigenvalue weighted by Gasteiger charge is 2.61. The van der Waals surface area contributed by atoms with Gasteiger partial charge < -0.3 is 125 Å². The van der Waals surface area contributed by atoms with Gasteiger partial charge in [-0.2, -0.15) is 0 Å². The quantitative estimate of drug-likeness (QED) is 0.0375. The minimum absolute atomic E-state index is 0.189. The fourth-order valence-electron chi connectivity index (χ4n) is 14.2. The SMILES string of the molecule is CCCCCCCCCCCCCCCCCCCCCCC(=O)N[C@@H](CO[C@@H]1O[C@H](CO)[C@@H](O[C@@H]2O[C@H](CO)[C@H](O[C@@H]3O[C@H](CO)[C@H](O)[C@H](O)[C@H]3CC(C)=O)[C@H](O[C@]3(C(=O)O)C[C@H](O)[C@@H](NC(C)=O)C([C@H](O)[C@H](O)CO)O3)[C@H]2O)[C@H](O)[C@H]1O)[C@H](O)CCCCCCCCCCCCCCC. The number of carbonyl (C=O) groups excluding carboxylic acids is 3. The first-order chi connectivity index (χ1) is 48.5. The van der Waals surface area contributed by atoms with E-state index in [2.05, 4.69) is 24.5 Å². The molecule has 2 amide bonds. The number of hydrogen-bond acceptors (Lipinski definition) is 25. The first kappa shape index (κ1) is 90.6. The summed E-state index contributed by atoms with van der Waals surface area (Å²) in [5, 5.41) is 161. The number of Topliss-reactive ketones (excluding diaryl/α,β-unsaturated/α-hetero) is 1. The number of amides is 2. The molecule has 4 aliphatic rings. The number of ether oxygens (including phenoxy) is 8. The first-order valence-electron chi connectivity index (χ1n) is 38.6. The molecule has 0 saturated carbocycles. The van der Waals surface area contributed by atoms with Gasteiger partial charge in [-0.1, -0.05) is 219 Å². The van der Waals surface area contributed by atoms with Crippen LogP contribution in [-0.4, -0.2) is 262 Å². The Labute approximate surface area is 599 Å². The molecule has 1 unspecified atom stereocenters. The van der Waals surface area contributed by atoms with E-state index < -0.39 is 204 Å². The summed E-state index contributed by atoms with van der Waals surface area (Å²) in [5.74, 6) is -8.50. The summed E-state index contributed by atoms with van der Waals surface area (Å²) in [5.41, 5.74) is 0. The molecule has 0 aromatic heterocycles. The van der Waals surface area contributed by atoms with E-state index >= 15 is 0 Å². The average molecular weight is 1460 g/mol. The largest absolute Gasteiger partial charge is 0.477 e. The summed E-state index contributed by atoms with van der Waals surface area (Å²) in [6, 6.07) is -2.70. The second kappa shape index (κ2) is 50.7. The Morgan fingerprint density at radius 1 is 0.505 bits per heavy atom. The molecule has 28 heteroatoms. The van der Waals surface area contributed by atoms with Crippen LogP contribution in [0.3, 0.4) is 0 Å². The van der Waals surface area contributed by atoms with Crippen molar-refractivity contribution in [1.82, 2.24) is 10.6 Å². The molecular weight excluding hydrogens is 1320 g/mol. The van der Waals surface area contributed by atoms with E-state index in [0.717, 1.165) is 65.2 Å². The number of aliphatic hydroxyl groups is 13. The van der Waals surface area contributed by atoms with Crippen LogP contribution in [0.15, 0.2) is 0 Å². The minimum atomic E-state index is -3.26. The third-order valence-electron chi connectivity index (χ3n) is 20.4. The van der Waals surface area contributed by atoms with Gasteiger partial charge in [0.05, 0.1) is 63.4 Å². The summed E-state index contributed by atoms with van der Waals surface area (Å²) in [4.78, 5) is 52.2. The molecule has 0 aliphatic carbocycles. The van der Waals surface area contributed by atoms with Crippen LogP contribution < -0.4 is 10.6 Å². The second-order valence-corrected chi connectivity index (χ2v) is 28.9. The van der Waals surface area contributed by atoms with E-state index in [1.165, 1.54) is 148 Å². The van der Waals surface area contributed by atoms with Gasteiger partial charge in [-0.05, 0) is 19.8 Å². The van der Waals surface area contributed by atoms with Gasteiger partial charge in [0.2, 0.25) is 11.8 Å². The van der Waals surface area contributed by atoms with E-state index in [0.29, 0.717) is 19.3 Å². The maximum Gasteiger partial charge on any atom is 0.364 e. The summed E-state index contributed by atoms with van der Waals surface area (Å²) >= 11 is 0. The topological polar surface area (TPSA) is 449 Å². The highest BCUT2D eigenvalue weighted by molar-refractivity contribution is 5.77. The average Bonchev–Trinajstić information content (AvgIpc) is 0.750. The van der Waals surface area contributed by atoms with Crippen molar-refractivity contribution in [2.45, 2.75) is 400 Å². The fourth-order valence-corrected chi connectivity index (χ4v) is 14.2. The zero-order valence-electron chi connectivity index (χ0n) is 61.1. The molecule has 592 valence electrons. The van der Waals surface area contributed by atoms with Crippen LogP contribution >= 0.6 is 0 Å². The van der Waals surface area contributed by atoms with Crippen LogP contribution in [0, 0.1) is 5.92 Å².